The maximum atomic E-state index is 12.7. The van der Waals surface area contributed by atoms with Crippen molar-refractivity contribution in [3.05, 3.63) is 70.0 Å². The summed E-state index contributed by atoms with van der Waals surface area (Å²) < 4.78 is 10.2. The molecule has 0 bridgehead atoms. The summed E-state index contributed by atoms with van der Waals surface area (Å²) >= 11 is 0. The van der Waals surface area contributed by atoms with Gasteiger partial charge in [0.25, 0.3) is 0 Å². The van der Waals surface area contributed by atoms with E-state index >= 15 is 0 Å². The van der Waals surface area contributed by atoms with E-state index in [9.17, 15) is 14.4 Å². The monoisotopic (exact) mass is 405 g/mol. The Balaban J connectivity index is 0.000000178. The quantitative estimate of drug-likeness (QED) is 0.616. The number of rotatable bonds is 0. The Labute approximate surface area is 171 Å². The van der Waals surface area contributed by atoms with Crippen LogP contribution < -0.4 is 14.9 Å². The summed E-state index contributed by atoms with van der Waals surface area (Å²) in [5, 5.41) is 0.548. The van der Waals surface area contributed by atoms with Crippen LogP contribution in [-0.4, -0.2) is 47.0 Å². The molecule has 0 saturated carbocycles. The first kappa shape index (κ1) is 18.2. The number of aromatic nitrogens is 1. The normalized spacial score (nSPS) is 18.8. The molecule has 0 aliphatic carbocycles. The lowest BCUT2D eigenvalue weighted by atomic mass is 10.0. The van der Waals surface area contributed by atoms with E-state index in [0.29, 0.717) is 30.0 Å². The van der Waals surface area contributed by atoms with Crippen LogP contribution in [-0.2, 0) is 16.1 Å². The van der Waals surface area contributed by atoms with Crippen LogP contribution in [0.25, 0.3) is 10.9 Å². The summed E-state index contributed by atoms with van der Waals surface area (Å²) in [6.07, 6.45) is 0. The Hall–Kier alpha value is -3.81. The van der Waals surface area contributed by atoms with Gasteiger partial charge < -0.3 is 24.3 Å². The van der Waals surface area contributed by atoms with Crippen molar-refractivity contribution in [3.63, 3.8) is 0 Å². The first-order valence-electron chi connectivity index (χ1n) is 9.57. The molecule has 2 amide bonds. The van der Waals surface area contributed by atoms with Crippen molar-refractivity contribution in [2.75, 3.05) is 20.4 Å². The van der Waals surface area contributed by atoms with Gasteiger partial charge in [-0.15, -0.1) is 0 Å². The minimum atomic E-state index is -0.778. The van der Waals surface area contributed by atoms with Crippen molar-refractivity contribution in [3.8, 4) is 11.5 Å². The van der Waals surface area contributed by atoms with Gasteiger partial charge in [-0.25, -0.2) is 0 Å². The zero-order valence-electron chi connectivity index (χ0n) is 16.3. The summed E-state index contributed by atoms with van der Waals surface area (Å²) in [7, 11) is 1.59. The fourth-order valence-corrected chi connectivity index (χ4v) is 4.05. The van der Waals surface area contributed by atoms with Crippen LogP contribution in [0.5, 0.6) is 11.5 Å². The number of benzene rings is 2. The number of fused-ring (bicyclic) bond motifs is 5. The van der Waals surface area contributed by atoms with Gasteiger partial charge in [0.1, 0.15) is 6.04 Å². The van der Waals surface area contributed by atoms with E-state index in [1.54, 1.807) is 19.2 Å². The molecular weight excluding hydrogens is 386 g/mol. The molecule has 3 aliphatic heterocycles. The Bertz CT molecular complexity index is 1210. The van der Waals surface area contributed by atoms with Gasteiger partial charge in [-0.1, -0.05) is 24.3 Å². The molecule has 1 N–H and O–H groups in total. The van der Waals surface area contributed by atoms with Crippen molar-refractivity contribution in [1.29, 1.82) is 0 Å². The maximum Gasteiger partial charge on any atom is 0.250 e. The number of H-pyrrole nitrogens is 1. The molecule has 3 aliphatic rings. The van der Waals surface area contributed by atoms with Gasteiger partial charge in [-0.2, -0.15) is 0 Å². The largest absolute Gasteiger partial charge is 0.454 e. The maximum absolute atomic E-state index is 12.7. The molecule has 30 heavy (non-hydrogen) atoms. The van der Waals surface area contributed by atoms with Gasteiger partial charge in [0.2, 0.25) is 18.6 Å². The lowest BCUT2D eigenvalue weighted by Gasteiger charge is -2.34. The molecule has 6 rings (SSSR count). The number of pyridine rings is 1. The molecule has 0 radical (unpaired) electrons. The van der Waals surface area contributed by atoms with E-state index in [4.69, 9.17) is 9.47 Å². The average molecular weight is 405 g/mol. The molecule has 4 heterocycles. The Morgan fingerprint density at radius 1 is 0.933 bits per heavy atom. The number of ether oxygens (including phenoxy) is 2. The van der Waals surface area contributed by atoms with Gasteiger partial charge in [-0.05, 0) is 24.3 Å². The topological polar surface area (TPSA) is 91.9 Å². The van der Waals surface area contributed by atoms with Crippen LogP contribution in [0, 0.1) is 0 Å². The smallest absolute Gasteiger partial charge is 0.250 e. The number of nitrogens with zero attached hydrogens (tertiary/aromatic N) is 2. The second kappa shape index (κ2) is 6.91. The third-order valence-corrected chi connectivity index (χ3v) is 5.52. The summed E-state index contributed by atoms with van der Waals surface area (Å²) in [5.41, 5.74) is 1.65. The van der Waals surface area contributed by atoms with E-state index in [1.165, 1.54) is 9.80 Å². The van der Waals surface area contributed by atoms with Crippen molar-refractivity contribution in [2.45, 2.75) is 12.6 Å². The van der Waals surface area contributed by atoms with Crippen molar-refractivity contribution in [1.82, 2.24) is 14.8 Å². The number of amides is 2. The molecule has 8 heteroatoms. The van der Waals surface area contributed by atoms with Gasteiger partial charge in [0, 0.05) is 23.6 Å². The molecule has 0 spiro atoms. The summed E-state index contributed by atoms with van der Waals surface area (Å²) in [6, 6.07) is 14.0. The summed E-state index contributed by atoms with van der Waals surface area (Å²) in [6.45, 7) is 0.717. The highest BCUT2D eigenvalue weighted by atomic mass is 16.7. The number of hydrogen-bond donors (Lipinski definition) is 1. The van der Waals surface area contributed by atoms with Crippen molar-refractivity contribution in [2.24, 2.45) is 0 Å². The number of para-hydroxylation sites is 3. The standard InChI is InChI=1S/C15H13N3O3.C7H6O2/c1-17-7-11(19)18-6-10-12(13(18)15(17)21)14(20)8-4-2-3-5-9(8)16-10;1-2-4-7-6(3-1)8-5-9-7/h2-5,13H,6-7H2,1H3,(H,16,20);1-4H,5H2/t13-;/m0./s1. The highest BCUT2D eigenvalue weighted by molar-refractivity contribution is 5.97. The Morgan fingerprint density at radius 3 is 2.33 bits per heavy atom. The highest BCUT2D eigenvalue weighted by Gasteiger charge is 2.46. The molecule has 3 aromatic rings. The minimum Gasteiger partial charge on any atom is -0.454 e. The fourth-order valence-electron chi connectivity index (χ4n) is 4.05. The zero-order chi connectivity index (χ0) is 20.8. The van der Waals surface area contributed by atoms with Crippen LogP contribution >= 0.6 is 0 Å². The number of hydrogen-bond acceptors (Lipinski definition) is 5. The predicted molar refractivity (Wildman–Crippen MR) is 108 cm³/mol. The second-order valence-electron chi connectivity index (χ2n) is 7.36. The zero-order valence-corrected chi connectivity index (χ0v) is 16.3. The van der Waals surface area contributed by atoms with E-state index in [2.05, 4.69) is 4.98 Å². The number of carbonyl (C=O) groups excluding carboxylic acids is 2. The van der Waals surface area contributed by atoms with Gasteiger partial charge in [0.05, 0.1) is 18.7 Å². The molecule has 2 aromatic carbocycles. The van der Waals surface area contributed by atoms with Crippen LogP contribution in [0.3, 0.4) is 0 Å². The van der Waals surface area contributed by atoms with Crippen LogP contribution in [0.2, 0.25) is 0 Å². The summed E-state index contributed by atoms with van der Waals surface area (Å²) in [5.74, 6) is 1.36. The summed E-state index contributed by atoms with van der Waals surface area (Å²) in [4.78, 5) is 43.3. The third kappa shape index (κ3) is 2.80. The molecule has 152 valence electrons. The minimum absolute atomic E-state index is 0.0665. The third-order valence-electron chi connectivity index (χ3n) is 5.52. The fraction of sp³-hybridized carbons (Fsp3) is 0.227. The molecule has 1 saturated heterocycles. The number of piperazine rings is 1. The molecule has 0 unspecified atom stereocenters. The second-order valence-corrected chi connectivity index (χ2v) is 7.36. The lowest BCUT2D eigenvalue weighted by Crippen LogP contribution is -2.51. The average Bonchev–Trinajstić information content (AvgIpc) is 3.38. The van der Waals surface area contributed by atoms with Crippen LogP contribution in [0.15, 0.2) is 53.3 Å². The van der Waals surface area contributed by atoms with Crippen molar-refractivity contribution < 1.29 is 19.1 Å². The van der Waals surface area contributed by atoms with Gasteiger partial charge in [0.15, 0.2) is 16.9 Å². The first-order chi connectivity index (χ1) is 14.5. The molecule has 8 nitrogen and oxygen atoms in total. The van der Waals surface area contributed by atoms with E-state index in [0.717, 1.165) is 17.0 Å². The predicted octanol–water partition coefficient (Wildman–Crippen LogP) is 1.80. The Morgan fingerprint density at radius 2 is 1.60 bits per heavy atom. The number of nitrogens with one attached hydrogen (secondary N) is 1. The van der Waals surface area contributed by atoms with Crippen LogP contribution in [0.4, 0.5) is 0 Å². The SMILES string of the molecule is CN1CC(=O)N2Cc3[nH]c4ccccc4c(=O)c3[C@H]2C1=O.c1ccc2c(c1)OCO2. The molecule has 1 atom stereocenters. The van der Waals surface area contributed by atoms with Gasteiger partial charge >= 0.3 is 0 Å². The molecule has 1 fully saturated rings. The number of aromatic amines is 1. The number of carbonyl (C=O) groups is 2. The highest BCUT2D eigenvalue weighted by Crippen LogP contribution is 2.35. The van der Waals surface area contributed by atoms with E-state index < -0.39 is 6.04 Å². The van der Waals surface area contributed by atoms with E-state index in [1.807, 2.05) is 36.4 Å². The van der Waals surface area contributed by atoms with Gasteiger partial charge in [-0.3, -0.25) is 14.4 Å². The van der Waals surface area contributed by atoms with E-state index in [-0.39, 0.29) is 23.8 Å². The lowest BCUT2D eigenvalue weighted by molar-refractivity contribution is -0.154. The van der Waals surface area contributed by atoms with Crippen molar-refractivity contribution >= 4 is 22.7 Å². The van der Waals surface area contributed by atoms with Crippen LogP contribution in [0.1, 0.15) is 17.3 Å². The molecule has 1 aromatic heterocycles. The number of likely N-dealkylation sites (N-methyl/N-ethyl adjacent to an activating group) is 1. The first-order valence-corrected chi connectivity index (χ1v) is 9.57. The molecular formula is C22H19N3O5. The Kier molecular flexibility index (Phi) is 4.20.